The number of aryl methyl sites for hydroxylation is 2. The number of hydrogen-bond donors (Lipinski definition) is 1. The first kappa shape index (κ1) is 11.1. The van der Waals surface area contributed by atoms with E-state index in [1.807, 2.05) is 18.2 Å². The van der Waals surface area contributed by atoms with Crippen LogP contribution >= 0.6 is 11.8 Å². The standard InChI is InChI=1S/C14H15NS/c1-10-7-8-13(11(2)9-10)16-14-6-4-3-5-12(14)15/h3-9H,15H2,1-2H3. The highest BCUT2D eigenvalue weighted by molar-refractivity contribution is 7.99. The van der Waals surface area contributed by atoms with Gasteiger partial charge >= 0.3 is 0 Å². The molecule has 0 aliphatic heterocycles. The average molecular weight is 229 g/mol. The molecule has 1 nitrogen and oxygen atoms in total. The summed E-state index contributed by atoms with van der Waals surface area (Å²) in [4.78, 5) is 2.39. The van der Waals surface area contributed by atoms with Crippen LogP contribution in [-0.4, -0.2) is 0 Å². The van der Waals surface area contributed by atoms with Crippen LogP contribution in [0.1, 0.15) is 11.1 Å². The van der Waals surface area contributed by atoms with Crippen LogP contribution in [0.4, 0.5) is 5.69 Å². The molecule has 0 heterocycles. The zero-order valence-corrected chi connectivity index (χ0v) is 10.3. The summed E-state index contributed by atoms with van der Waals surface area (Å²) in [5, 5.41) is 0. The lowest BCUT2D eigenvalue weighted by atomic mass is 10.2. The fourth-order valence-electron chi connectivity index (χ4n) is 1.61. The maximum absolute atomic E-state index is 5.93. The van der Waals surface area contributed by atoms with Crippen LogP contribution in [-0.2, 0) is 0 Å². The Balaban J connectivity index is 2.31. The minimum Gasteiger partial charge on any atom is -0.398 e. The van der Waals surface area contributed by atoms with Crippen LogP contribution < -0.4 is 5.73 Å². The first-order valence-corrected chi connectivity index (χ1v) is 6.08. The quantitative estimate of drug-likeness (QED) is 0.787. The SMILES string of the molecule is Cc1ccc(Sc2ccccc2N)c(C)c1. The third-order valence-electron chi connectivity index (χ3n) is 2.47. The van der Waals surface area contributed by atoms with Gasteiger partial charge in [-0.05, 0) is 37.6 Å². The van der Waals surface area contributed by atoms with Gasteiger partial charge in [-0.3, -0.25) is 0 Å². The summed E-state index contributed by atoms with van der Waals surface area (Å²) in [6.07, 6.45) is 0. The van der Waals surface area contributed by atoms with Crippen molar-refractivity contribution in [3.8, 4) is 0 Å². The molecule has 0 atom stereocenters. The summed E-state index contributed by atoms with van der Waals surface area (Å²) < 4.78 is 0. The van der Waals surface area contributed by atoms with Gasteiger partial charge in [-0.2, -0.15) is 0 Å². The van der Waals surface area contributed by atoms with Gasteiger partial charge in [0.05, 0.1) is 0 Å². The van der Waals surface area contributed by atoms with E-state index in [4.69, 9.17) is 5.73 Å². The van der Waals surface area contributed by atoms with E-state index in [-0.39, 0.29) is 0 Å². The molecule has 2 rings (SSSR count). The lowest BCUT2D eigenvalue weighted by Gasteiger charge is -2.08. The van der Waals surface area contributed by atoms with Crippen molar-refractivity contribution in [3.63, 3.8) is 0 Å². The Bertz CT molecular complexity index is 506. The van der Waals surface area contributed by atoms with Gasteiger partial charge in [0.1, 0.15) is 0 Å². The summed E-state index contributed by atoms with van der Waals surface area (Å²) in [6.45, 7) is 4.24. The fraction of sp³-hybridized carbons (Fsp3) is 0.143. The molecule has 0 amide bonds. The normalized spacial score (nSPS) is 10.4. The van der Waals surface area contributed by atoms with E-state index in [1.165, 1.54) is 16.0 Å². The van der Waals surface area contributed by atoms with Gasteiger partial charge in [-0.25, -0.2) is 0 Å². The van der Waals surface area contributed by atoms with Gasteiger partial charge in [-0.1, -0.05) is 41.6 Å². The van der Waals surface area contributed by atoms with Crippen molar-refractivity contribution in [3.05, 3.63) is 53.6 Å². The molecular weight excluding hydrogens is 214 g/mol. The van der Waals surface area contributed by atoms with E-state index in [9.17, 15) is 0 Å². The van der Waals surface area contributed by atoms with Crippen LogP contribution in [0.3, 0.4) is 0 Å². The molecule has 0 radical (unpaired) electrons. The molecule has 2 N–H and O–H groups in total. The van der Waals surface area contributed by atoms with Crippen LogP contribution in [0, 0.1) is 13.8 Å². The van der Waals surface area contributed by atoms with E-state index in [0.717, 1.165) is 10.6 Å². The molecule has 0 unspecified atom stereocenters. The van der Waals surface area contributed by atoms with Crippen molar-refractivity contribution >= 4 is 17.4 Å². The van der Waals surface area contributed by atoms with E-state index in [1.54, 1.807) is 11.8 Å². The molecule has 0 spiro atoms. The molecular formula is C14H15NS. The number of benzene rings is 2. The molecule has 2 aromatic carbocycles. The predicted molar refractivity (Wildman–Crippen MR) is 70.9 cm³/mol. The zero-order chi connectivity index (χ0) is 11.5. The second-order valence-electron chi connectivity index (χ2n) is 3.91. The monoisotopic (exact) mass is 229 g/mol. The van der Waals surface area contributed by atoms with Crippen molar-refractivity contribution in [2.24, 2.45) is 0 Å². The molecule has 16 heavy (non-hydrogen) atoms. The number of para-hydroxylation sites is 1. The minimum atomic E-state index is 0.840. The van der Waals surface area contributed by atoms with Gasteiger partial charge in [0.25, 0.3) is 0 Å². The summed E-state index contributed by atoms with van der Waals surface area (Å²) >= 11 is 1.72. The average Bonchev–Trinajstić information content (AvgIpc) is 2.25. The molecule has 82 valence electrons. The first-order chi connectivity index (χ1) is 7.66. The van der Waals surface area contributed by atoms with Gasteiger partial charge in [0.15, 0.2) is 0 Å². The van der Waals surface area contributed by atoms with Gasteiger partial charge in [0, 0.05) is 15.5 Å². The van der Waals surface area contributed by atoms with E-state index < -0.39 is 0 Å². The molecule has 2 aromatic rings. The van der Waals surface area contributed by atoms with E-state index in [2.05, 4.69) is 38.1 Å². The highest BCUT2D eigenvalue weighted by Gasteiger charge is 2.03. The molecule has 0 saturated heterocycles. The van der Waals surface area contributed by atoms with Crippen LogP contribution in [0.15, 0.2) is 52.3 Å². The van der Waals surface area contributed by atoms with Crippen LogP contribution in [0.25, 0.3) is 0 Å². The number of rotatable bonds is 2. The van der Waals surface area contributed by atoms with Crippen LogP contribution in [0.2, 0.25) is 0 Å². The maximum atomic E-state index is 5.93. The van der Waals surface area contributed by atoms with Crippen molar-refractivity contribution in [2.75, 3.05) is 5.73 Å². The number of anilines is 1. The highest BCUT2D eigenvalue weighted by Crippen LogP contribution is 2.33. The molecule has 0 saturated carbocycles. The zero-order valence-electron chi connectivity index (χ0n) is 9.53. The smallest absolute Gasteiger partial charge is 0.0455 e. The molecule has 0 aromatic heterocycles. The summed E-state index contributed by atoms with van der Waals surface area (Å²) in [6, 6.07) is 14.5. The van der Waals surface area contributed by atoms with E-state index in [0.29, 0.717) is 0 Å². The second-order valence-corrected chi connectivity index (χ2v) is 4.99. The predicted octanol–water partition coefficient (Wildman–Crippen LogP) is 4.04. The molecule has 0 bridgehead atoms. The Morgan fingerprint density at radius 1 is 0.938 bits per heavy atom. The number of hydrogen-bond acceptors (Lipinski definition) is 2. The Labute approximate surface area is 101 Å². The number of nitrogen functional groups attached to an aromatic ring is 1. The Morgan fingerprint density at radius 2 is 1.69 bits per heavy atom. The van der Waals surface area contributed by atoms with Crippen molar-refractivity contribution < 1.29 is 0 Å². The van der Waals surface area contributed by atoms with Crippen molar-refractivity contribution in [1.29, 1.82) is 0 Å². The third-order valence-corrected chi connectivity index (χ3v) is 3.74. The second kappa shape index (κ2) is 4.62. The Morgan fingerprint density at radius 3 is 2.38 bits per heavy atom. The molecule has 0 aliphatic rings. The maximum Gasteiger partial charge on any atom is 0.0455 e. The molecule has 0 fully saturated rings. The highest BCUT2D eigenvalue weighted by atomic mass is 32.2. The Hall–Kier alpha value is -1.41. The fourth-order valence-corrected chi connectivity index (χ4v) is 2.53. The Kier molecular flexibility index (Phi) is 3.20. The topological polar surface area (TPSA) is 26.0 Å². The number of nitrogens with two attached hydrogens (primary N) is 1. The van der Waals surface area contributed by atoms with Gasteiger partial charge in [0.2, 0.25) is 0 Å². The lowest BCUT2D eigenvalue weighted by Crippen LogP contribution is -1.88. The summed E-state index contributed by atoms with van der Waals surface area (Å²) in [5.74, 6) is 0. The lowest BCUT2D eigenvalue weighted by molar-refractivity contribution is 1.26. The van der Waals surface area contributed by atoms with Gasteiger partial charge < -0.3 is 5.73 Å². The van der Waals surface area contributed by atoms with E-state index >= 15 is 0 Å². The van der Waals surface area contributed by atoms with Crippen molar-refractivity contribution in [1.82, 2.24) is 0 Å². The molecule has 2 heteroatoms. The largest absolute Gasteiger partial charge is 0.398 e. The minimum absolute atomic E-state index is 0.840. The summed E-state index contributed by atoms with van der Waals surface area (Å²) in [5.41, 5.74) is 9.36. The summed E-state index contributed by atoms with van der Waals surface area (Å²) in [7, 11) is 0. The molecule has 0 aliphatic carbocycles. The van der Waals surface area contributed by atoms with Crippen LogP contribution in [0.5, 0.6) is 0 Å². The third kappa shape index (κ3) is 2.39. The van der Waals surface area contributed by atoms with Gasteiger partial charge in [-0.15, -0.1) is 0 Å². The van der Waals surface area contributed by atoms with Crippen molar-refractivity contribution in [2.45, 2.75) is 23.6 Å². The first-order valence-electron chi connectivity index (χ1n) is 5.26.